The summed E-state index contributed by atoms with van der Waals surface area (Å²) in [6, 6.07) is 11.8. The van der Waals surface area contributed by atoms with E-state index in [1.54, 1.807) is 0 Å². The summed E-state index contributed by atoms with van der Waals surface area (Å²) in [4.78, 5) is 0. The van der Waals surface area contributed by atoms with Crippen LogP contribution >= 0.6 is 11.8 Å². The fourth-order valence-corrected chi connectivity index (χ4v) is 2.77. The summed E-state index contributed by atoms with van der Waals surface area (Å²) in [7, 11) is 1.53. The molecule has 0 spiro atoms. The van der Waals surface area contributed by atoms with Gasteiger partial charge in [0, 0.05) is 11.3 Å². The highest BCUT2D eigenvalue weighted by molar-refractivity contribution is 8.13. The Morgan fingerprint density at radius 1 is 1.29 bits per heavy atom. The highest BCUT2D eigenvalue weighted by atomic mass is 32.2. The topological polar surface area (TPSA) is 80.2 Å². The normalized spacial score (nSPS) is 11.9. The fraction of sp³-hybridized carbons (Fsp3) is 0.222. The Morgan fingerprint density at radius 2 is 2.00 bits per heavy atom. The van der Waals surface area contributed by atoms with Crippen molar-refractivity contribution in [2.75, 3.05) is 7.11 Å². The van der Waals surface area contributed by atoms with Crippen LogP contribution in [0.2, 0.25) is 0 Å². The van der Waals surface area contributed by atoms with Crippen LogP contribution in [0.1, 0.15) is 22.3 Å². The van der Waals surface area contributed by atoms with E-state index in [0.29, 0.717) is 16.5 Å². The largest absolute Gasteiger partial charge is 0.504 e. The first-order chi connectivity index (χ1) is 11.5. The molecular formula is C18H21N3O2S. The van der Waals surface area contributed by atoms with Crippen molar-refractivity contribution in [2.24, 2.45) is 15.9 Å². The van der Waals surface area contributed by atoms with Crippen molar-refractivity contribution < 1.29 is 9.84 Å². The maximum atomic E-state index is 10.2. The van der Waals surface area contributed by atoms with Crippen LogP contribution in [0.4, 0.5) is 0 Å². The second-order valence-electron chi connectivity index (χ2n) is 5.25. The number of amidine groups is 1. The molecule has 0 aliphatic heterocycles. The molecule has 126 valence electrons. The number of aryl methyl sites for hydroxylation is 1. The van der Waals surface area contributed by atoms with Crippen LogP contribution < -0.4 is 10.5 Å². The Kier molecular flexibility index (Phi) is 6.26. The Bertz CT molecular complexity index is 759. The monoisotopic (exact) mass is 343 g/mol. The lowest BCUT2D eigenvalue weighted by molar-refractivity contribution is 0.370. The molecule has 0 aliphatic carbocycles. The smallest absolute Gasteiger partial charge is 0.180 e. The number of phenolic OH excluding ortho intramolecular Hbond substituents is 1. The van der Waals surface area contributed by atoms with Gasteiger partial charge >= 0.3 is 0 Å². The number of aromatic hydroxyl groups is 1. The van der Waals surface area contributed by atoms with Gasteiger partial charge in [0.15, 0.2) is 16.7 Å². The first kappa shape index (κ1) is 17.9. The van der Waals surface area contributed by atoms with Gasteiger partial charge in [-0.15, -0.1) is 5.10 Å². The number of thioether (sulfide) groups is 1. The number of nitrogens with zero attached hydrogens (tertiary/aromatic N) is 2. The van der Waals surface area contributed by atoms with Crippen LogP contribution in [0.15, 0.2) is 46.6 Å². The SMILES string of the molecule is COc1c(C)c(C)cc(C=NN=C(N)SCc2ccccc2)c1O. The lowest BCUT2D eigenvalue weighted by atomic mass is 10.0. The Balaban J connectivity index is 2.06. The quantitative estimate of drug-likeness (QED) is 0.494. The molecule has 0 saturated carbocycles. The molecule has 6 heteroatoms. The van der Waals surface area contributed by atoms with E-state index in [1.165, 1.54) is 30.6 Å². The van der Waals surface area contributed by atoms with E-state index in [4.69, 9.17) is 10.5 Å². The third-order valence-electron chi connectivity index (χ3n) is 3.58. The van der Waals surface area contributed by atoms with Crippen molar-refractivity contribution in [3.05, 3.63) is 58.7 Å². The number of methoxy groups -OCH3 is 1. The zero-order valence-corrected chi connectivity index (χ0v) is 14.8. The third-order valence-corrected chi connectivity index (χ3v) is 4.43. The molecule has 0 saturated heterocycles. The molecule has 0 fully saturated rings. The first-order valence-electron chi connectivity index (χ1n) is 7.43. The van der Waals surface area contributed by atoms with E-state index in [0.717, 1.165) is 16.9 Å². The zero-order valence-electron chi connectivity index (χ0n) is 14.0. The average Bonchev–Trinajstić information content (AvgIpc) is 2.59. The molecule has 2 rings (SSSR count). The second-order valence-corrected chi connectivity index (χ2v) is 6.24. The summed E-state index contributed by atoms with van der Waals surface area (Å²) in [6.07, 6.45) is 1.47. The molecule has 3 N–H and O–H groups in total. The Hall–Kier alpha value is -2.47. The molecule has 2 aromatic carbocycles. The maximum absolute atomic E-state index is 10.2. The number of ether oxygens (including phenoxy) is 1. The van der Waals surface area contributed by atoms with Crippen molar-refractivity contribution in [2.45, 2.75) is 19.6 Å². The van der Waals surface area contributed by atoms with Gasteiger partial charge in [-0.1, -0.05) is 42.1 Å². The van der Waals surface area contributed by atoms with Gasteiger partial charge in [-0.25, -0.2) is 0 Å². The van der Waals surface area contributed by atoms with Crippen molar-refractivity contribution in [1.82, 2.24) is 0 Å². The minimum atomic E-state index is 0.0510. The molecule has 2 aromatic rings. The highest BCUT2D eigenvalue weighted by Crippen LogP contribution is 2.34. The number of phenols is 1. The summed E-state index contributed by atoms with van der Waals surface area (Å²) in [5.41, 5.74) is 9.45. The molecular weight excluding hydrogens is 322 g/mol. The molecule has 0 heterocycles. The third kappa shape index (κ3) is 4.52. The summed E-state index contributed by atoms with van der Waals surface area (Å²) in [5.74, 6) is 1.23. The number of rotatable bonds is 5. The predicted octanol–water partition coefficient (Wildman–Crippen LogP) is 3.60. The summed E-state index contributed by atoms with van der Waals surface area (Å²) in [6.45, 7) is 3.84. The highest BCUT2D eigenvalue weighted by Gasteiger charge is 2.12. The molecule has 0 radical (unpaired) electrons. The molecule has 0 aromatic heterocycles. The van der Waals surface area contributed by atoms with Gasteiger partial charge in [0.25, 0.3) is 0 Å². The molecule has 0 amide bonds. The molecule has 0 atom stereocenters. The van der Waals surface area contributed by atoms with Crippen molar-refractivity contribution in [3.8, 4) is 11.5 Å². The maximum Gasteiger partial charge on any atom is 0.180 e. The minimum absolute atomic E-state index is 0.0510. The summed E-state index contributed by atoms with van der Waals surface area (Å²) in [5, 5.41) is 18.5. The number of hydrogen-bond acceptors (Lipinski definition) is 5. The van der Waals surface area contributed by atoms with E-state index in [1.807, 2.05) is 50.2 Å². The first-order valence-corrected chi connectivity index (χ1v) is 8.42. The predicted molar refractivity (Wildman–Crippen MR) is 101 cm³/mol. The number of benzene rings is 2. The van der Waals surface area contributed by atoms with Crippen LogP contribution in [0.25, 0.3) is 0 Å². The van der Waals surface area contributed by atoms with Gasteiger partial charge in [0.05, 0.1) is 13.3 Å². The van der Waals surface area contributed by atoms with E-state index < -0.39 is 0 Å². The Morgan fingerprint density at radius 3 is 2.67 bits per heavy atom. The van der Waals surface area contributed by atoms with Gasteiger partial charge in [-0.2, -0.15) is 5.10 Å². The van der Waals surface area contributed by atoms with Gasteiger partial charge in [0.2, 0.25) is 0 Å². The zero-order chi connectivity index (χ0) is 17.5. The lowest BCUT2D eigenvalue weighted by Crippen LogP contribution is -2.06. The van der Waals surface area contributed by atoms with Gasteiger partial charge < -0.3 is 15.6 Å². The molecule has 0 bridgehead atoms. The van der Waals surface area contributed by atoms with Crippen molar-refractivity contribution >= 4 is 23.1 Å². The average molecular weight is 343 g/mol. The van der Waals surface area contributed by atoms with Crippen LogP contribution in [-0.4, -0.2) is 23.6 Å². The van der Waals surface area contributed by atoms with Gasteiger partial charge in [0.1, 0.15) is 0 Å². The van der Waals surface area contributed by atoms with E-state index in [-0.39, 0.29) is 5.75 Å². The van der Waals surface area contributed by atoms with Gasteiger partial charge in [-0.05, 0) is 36.6 Å². The fourth-order valence-electron chi connectivity index (χ4n) is 2.15. The molecule has 5 nitrogen and oxygen atoms in total. The van der Waals surface area contributed by atoms with Crippen LogP contribution in [0.5, 0.6) is 11.5 Å². The van der Waals surface area contributed by atoms with E-state index in [2.05, 4.69) is 10.2 Å². The molecule has 0 unspecified atom stereocenters. The van der Waals surface area contributed by atoms with Crippen LogP contribution in [0, 0.1) is 13.8 Å². The Labute approximate surface area is 146 Å². The van der Waals surface area contributed by atoms with Crippen molar-refractivity contribution in [1.29, 1.82) is 0 Å². The number of hydrogen-bond donors (Lipinski definition) is 2. The van der Waals surface area contributed by atoms with E-state index in [9.17, 15) is 5.11 Å². The second kappa shape index (κ2) is 8.40. The summed E-state index contributed by atoms with van der Waals surface area (Å²) >= 11 is 1.41. The molecule has 24 heavy (non-hydrogen) atoms. The standard InChI is InChI=1S/C18H21N3O2S/c1-12-9-15(16(22)17(23-3)13(12)2)10-20-21-18(19)24-11-14-7-5-4-6-8-14/h4-10,22H,11H2,1-3H3,(H2,19,21). The molecule has 0 aliphatic rings. The minimum Gasteiger partial charge on any atom is -0.504 e. The van der Waals surface area contributed by atoms with Crippen molar-refractivity contribution in [3.63, 3.8) is 0 Å². The van der Waals surface area contributed by atoms with Crippen LogP contribution in [0.3, 0.4) is 0 Å². The van der Waals surface area contributed by atoms with E-state index >= 15 is 0 Å². The van der Waals surface area contributed by atoms with Gasteiger partial charge in [-0.3, -0.25) is 0 Å². The lowest BCUT2D eigenvalue weighted by Gasteiger charge is -2.11. The number of nitrogens with two attached hydrogens (primary N) is 1. The summed E-state index contributed by atoms with van der Waals surface area (Å²) < 4.78 is 5.24. The van der Waals surface area contributed by atoms with Crippen LogP contribution in [-0.2, 0) is 5.75 Å².